The molecule has 1 atom stereocenters. The Bertz CT molecular complexity index is 1140. The highest BCUT2D eigenvalue weighted by Crippen LogP contribution is 2.35. The molecular weight excluding hydrogens is 366 g/mol. The first-order valence-electron chi connectivity index (χ1n) is 9.34. The van der Waals surface area contributed by atoms with Crippen LogP contribution in [0.3, 0.4) is 0 Å². The predicted molar refractivity (Wildman–Crippen MR) is 113 cm³/mol. The van der Waals surface area contributed by atoms with Gasteiger partial charge in [0.05, 0.1) is 38.0 Å². The van der Waals surface area contributed by atoms with Crippen molar-refractivity contribution in [2.24, 2.45) is 0 Å². The molecule has 0 radical (unpaired) electrons. The molecule has 148 valence electrons. The number of anilines is 1. The highest BCUT2D eigenvalue weighted by atomic mass is 16.5. The number of aromatic amines is 1. The van der Waals surface area contributed by atoms with E-state index in [2.05, 4.69) is 50.4 Å². The summed E-state index contributed by atoms with van der Waals surface area (Å²) in [5, 5.41) is 4.41. The zero-order valence-corrected chi connectivity index (χ0v) is 16.9. The fourth-order valence-electron chi connectivity index (χ4n) is 3.36. The lowest BCUT2D eigenvalue weighted by Gasteiger charge is -2.18. The molecule has 4 aromatic rings. The van der Waals surface area contributed by atoms with Gasteiger partial charge in [-0.25, -0.2) is 15.0 Å². The molecular formula is C22H23N5O2. The summed E-state index contributed by atoms with van der Waals surface area (Å²) in [6.07, 6.45) is 3.50. The van der Waals surface area contributed by atoms with Gasteiger partial charge in [0.25, 0.3) is 0 Å². The van der Waals surface area contributed by atoms with Crippen LogP contribution in [0.1, 0.15) is 24.4 Å². The van der Waals surface area contributed by atoms with E-state index in [0.29, 0.717) is 17.3 Å². The van der Waals surface area contributed by atoms with Crippen molar-refractivity contribution < 1.29 is 9.47 Å². The SMILES string of the molecule is COc1cc2nc(C)nc(NC(C)c3cccc(-c4cnc[nH]4)c3)c2cc1OC. The molecule has 2 aromatic carbocycles. The monoisotopic (exact) mass is 389 g/mol. The number of nitrogens with zero attached hydrogens (tertiary/aromatic N) is 3. The second-order valence-corrected chi connectivity index (χ2v) is 6.80. The summed E-state index contributed by atoms with van der Waals surface area (Å²) in [4.78, 5) is 16.4. The Morgan fingerprint density at radius 2 is 1.83 bits per heavy atom. The van der Waals surface area contributed by atoms with Crippen molar-refractivity contribution in [2.45, 2.75) is 19.9 Å². The number of nitrogens with one attached hydrogen (secondary N) is 2. The van der Waals surface area contributed by atoms with Crippen LogP contribution in [0.25, 0.3) is 22.2 Å². The highest BCUT2D eigenvalue weighted by Gasteiger charge is 2.15. The Kier molecular flexibility index (Phi) is 5.03. The first-order valence-corrected chi connectivity index (χ1v) is 9.34. The van der Waals surface area contributed by atoms with Crippen LogP contribution in [0.5, 0.6) is 11.5 Å². The summed E-state index contributed by atoms with van der Waals surface area (Å²) in [6, 6.07) is 12.2. The van der Waals surface area contributed by atoms with Crippen molar-refractivity contribution >= 4 is 16.7 Å². The van der Waals surface area contributed by atoms with E-state index in [4.69, 9.17) is 9.47 Å². The van der Waals surface area contributed by atoms with Crippen molar-refractivity contribution in [1.29, 1.82) is 0 Å². The summed E-state index contributed by atoms with van der Waals surface area (Å²) in [7, 11) is 3.24. The number of H-pyrrole nitrogens is 1. The number of aryl methyl sites for hydroxylation is 1. The van der Waals surface area contributed by atoms with Crippen LogP contribution in [-0.2, 0) is 0 Å². The number of fused-ring (bicyclic) bond motifs is 1. The molecule has 0 spiro atoms. The number of rotatable bonds is 6. The largest absolute Gasteiger partial charge is 0.493 e. The molecule has 4 rings (SSSR count). The second-order valence-electron chi connectivity index (χ2n) is 6.80. The molecule has 0 bridgehead atoms. The fraction of sp³-hybridized carbons (Fsp3) is 0.227. The molecule has 2 N–H and O–H groups in total. The van der Waals surface area contributed by atoms with Gasteiger partial charge in [0.15, 0.2) is 11.5 Å². The summed E-state index contributed by atoms with van der Waals surface area (Å²) in [5.41, 5.74) is 4.01. The van der Waals surface area contributed by atoms with E-state index in [0.717, 1.165) is 33.5 Å². The molecule has 0 amide bonds. The number of imidazole rings is 1. The molecule has 7 heteroatoms. The van der Waals surface area contributed by atoms with Crippen LogP contribution < -0.4 is 14.8 Å². The molecule has 0 aliphatic carbocycles. The zero-order valence-electron chi connectivity index (χ0n) is 16.9. The Labute approximate surface area is 169 Å². The van der Waals surface area contributed by atoms with Gasteiger partial charge in [-0.3, -0.25) is 0 Å². The minimum atomic E-state index is 0.0310. The molecule has 29 heavy (non-hydrogen) atoms. The van der Waals surface area contributed by atoms with E-state index in [1.807, 2.05) is 31.3 Å². The number of hydrogen-bond donors (Lipinski definition) is 2. The van der Waals surface area contributed by atoms with Crippen molar-refractivity contribution in [1.82, 2.24) is 19.9 Å². The van der Waals surface area contributed by atoms with Crippen molar-refractivity contribution in [3.05, 3.63) is 60.3 Å². The Morgan fingerprint density at radius 3 is 2.55 bits per heavy atom. The van der Waals surface area contributed by atoms with Crippen LogP contribution in [0.15, 0.2) is 48.9 Å². The van der Waals surface area contributed by atoms with Gasteiger partial charge in [-0.15, -0.1) is 0 Å². The smallest absolute Gasteiger partial charge is 0.162 e. The molecule has 0 saturated heterocycles. The van der Waals surface area contributed by atoms with E-state index in [-0.39, 0.29) is 6.04 Å². The molecule has 7 nitrogen and oxygen atoms in total. The summed E-state index contributed by atoms with van der Waals surface area (Å²) < 4.78 is 10.9. The first-order chi connectivity index (χ1) is 14.1. The number of aromatic nitrogens is 4. The third kappa shape index (κ3) is 3.71. The maximum Gasteiger partial charge on any atom is 0.162 e. The number of benzene rings is 2. The van der Waals surface area contributed by atoms with Crippen LogP contribution in [-0.4, -0.2) is 34.2 Å². The standard InChI is InChI=1S/C22H23N5O2/c1-13(15-6-5-7-16(8-15)19-11-23-12-24-19)25-22-17-9-20(28-3)21(29-4)10-18(17)26-14(2)27-22/h5-13H,1-4H3,(H,23,24)(H,25,26,27). The van der Waals surface area contributed by atoms with E-state index >= 15 is 0 Å². The minimum Gasteiger partial charge on any atom is -0.493 e. The van der Waals surface area contributed by atoms with Gasteiger partial charge in [0, 0.05) is 17.5 Å². The topological polar surface area (TPSA) is 85.0 Å². The maximum absolute atomic E-state index is 5.46. The van der Waals surface area contributed by atoms with E-state index < -0.39 is 0 Å². The number of methoxy groups -OCH3 is 2. The van der Waals surface area contributed by atoms with Gasteiger partial charge in [-0.1, -0.05) is 18.2 Å². The van der Waals surface area contributed by atoms with Crippen LogP contribution in [0, 0.1) is 6.92 Å². The number of ether oxygens (including phenoxy) is 2. The van der Waals surface area contributed by atoms with Gasteiger partial charge in [-0.2, -0.15) is 0 Å². The minimum absolute atomic E-state index is 0.0310. The predicted octanol–water partition coefficient (Wildman–Crippen LogP) is 4.52. The maximum atomic E-state index is 5.46. The normalized spacial score (nSPS) is 12.0. The van der Waals surface area contributed by atoms with Gasteiger partial charge in [-0.05, 0) is 37.1 Å². The molecule has 0 aliphatic heterocycles. The lowest BCUT2D eigenvalue weighted by atomic mass is 10.0. The average Bonchev–Trinajstić information content (AvgIpc) is 3.27. The summed E-state index contributed by atoms with van der Waals surface area (Å²) in [6.45, 7) is 3.99. The first kappa shape index (κ1) is 18.7. The summed E-state index contributed by atoms with van der Waals surface area (Å²) >= 11 is 0. The van der Waals surface area contributed by atoms with Gasteiger partial charge >= 0.3 is 0 Å². The van der Waals surface area contributed by atoms with E-state index in [1.165, 1.54) is 0 Å². The van der Waals surface area contributed by atoms with Crippen LogP contribution >= 0.6 is 0 Å². The van der Waals surface area contributed by atoms with Crippen molar-refractivity contribution in [3.8, 4) is 22.8 Å². The Morgan fingerprint density at radius 1 is 1.03 bits per heavy atom. The molecule has 0 saturated carbocycles. The third-order valence-corrected chi connectivity index (χ3v) is 4.86. The fourth-order valence-corrected chi connectivity index (χ4v) is 3.36. The van der Waals surface area contributed by atoms with Crippen LogP contribution in [0.4, 0.5) is 5.82 Å². The Balaban J connectivity index is 1.71. The highest BCUT2D eigenvalue weighted by molar-refractivity contribution is 5.92. The lowest BCUT2D eigenvalue weighted by molar-refractivity contribution is 0.356. The summed E-state index contributed by atoms with van der Waals surface area (Å²) in [5.74, 6) is 2.73. The molecule has 2 aromatic heterocycles. The lowest BCUT2D eigenvalue weighted by Crippen LogP contribution is -2.10. The Hall–Kier alpha value is -3.61. The zero-order chi connectivity index (χ0) is 20.4. The molecule has 2 heterocycles. The molecule has 1 unspecified atom stereocenters. The van der Waals surface area contributed by atoms with Crippen LogP contribution in [0.2, 0.25) is 0 Å². The molecule has 0 aliphatic rings. The number of hydrogen-bond acceptors (Lipinski definition) is 6. The van der Waals surface area contributed by atoms with Crippen molar-refractivity contribution in [2.75, 3.05) is 19.5 Å². The average molecular weight is 389 g/mol. The van der Waals surface area contributed by atoms with E-state index in [9.17, 15) is 0 Å². The van der Waals surface area contributed by atoms with Gasteiger partial charge < -0.3 is 19.8 Å². The van der Waals surface area contributed by atoms with Crippen molar-refractivity contribution in [3.63, 3.8) is 0 Å². The van der Waals surface area contributed by atoms with E-state index in [1.54, 1.807) is 20.5 Å². The second kappa shape index (κ2) is 7.79. The third-order valence-electron chi connectivity index (χ3n) is 4.86. The quantitative estimate of drug-likeness (QED) is 0.504. The van der Waals surface area contributed by atoms with Gasteiger partial charge in [0.1, 0.15) is 11.6 Å². The van der Waals surface area contributed by atoms with Gasteiger partial charge in [0.2, 0.25) is 0 Å². The molecule has 0 fully saturated rings.